The van der Waals surface area contributed by atoms with E-state index in [0.29, 0.717) is 0 Å². The molecule has 0 N–H and O–H groups in total. The summed E-state index contributed by atoms with van der Waals surface area (Å²) in [6.45, 7) is 8.09. The number of carbonyl (C=O) groups excluding carboxylic acids is 1. The third-order valence-electron chi connectivity index (χ3n) is 3.85. The molecule has 0 aliphatic carbocycles. The summed E-state index contributed by atoms with van der Waals surface area (Å²) in [5.74, 6) is -0.304. The molecular formula is C16H22N2O2. The van der Waals surface area contributed by atoms with E-state index in [4.69, 9.17) is 0 Å². The van der Waals surface area contributed by atoms with Gasteiger partial charge in [0.05, 0.1) is 7.11 Å². The SMILES string of the molecule is COC(=O)/C=C/N1CCN(c2cccc(C)c2C)CC1. The van der Waals surface area contributed by atoms with Crippen molar-refractivity contribution < 1.29 is 9.53 Å². The van der Waals surface area contributed by atoms with E-state index in [2.05, 4.69) is 46.6 Å². The molecule has 1 aliphatic heterocycles. The van der Waals surface area contributed by atoms with Gasteiger partial charge in [-0.05, 0) is 31.0 Å². The molecule has 1 heterocycles. The Kier molecular flexibility index (Phi) is 4.66. The van der Waals surface area contributed by atoms with Crippen LogP contribution in [-0.2, 0) is 9.53 Å². The first kappa shape index (κ1) is 14.4. The number of hydrogen-bond acceptors (Lipinski definition) is 4. The predicted molar refractivity (Wildman–Crippen MR) is 80.9 cm³/mol. The van der Waals surface area contributed by atoms with Gasteiger partial charge in [-0.25, -0.2) is 4.79 Å². The number of ether oxygens (including phenoxy) is 1. The Labute approximate surface area is 120 Å². The number of hydrogen-bond donors (Lipinski definition) is 0. The van der Waals surface area contributed by atoms with Crippen LogP contribution in [0.2, 0.25) is 0 Å². The van der Waals surface area contributed by atoms with Crippen molar-refractivity contribution in [3.8, 4) is 0 Å². The van der Waals surface area contributed by atoms with Gasteiger partial charge in [-0.3, -0.25) is 0 Å². The summed E-state index contributed by atoms with van der Waals surface area (Å²) in [7, 11) is 1.39. The maximum Gasteiger partial charge on any atom is 0.331 e. The minimum atomic E-state index is -0.304. The van der Waals surface area contributed by atoms with Crippen molar-refractivity contribution in [3.63, 3.8) is 0 Å². The van der Waals surface area contributed by atoms with E-state index in [1.54, 1.807) is 0 Å². The average Bonchev–Trinajstić information content (AvgIpc) is 2.48. The fourth-order valence-electron chi connectivity index (χ4n) is 2.42. The van der Waals surface area contributed by atoms with Gasteiger partial charge in [0.1, 0.15) is 0 Å². The Balaban J connectivity index is 1.96. The summed E-state index contributed by atoms with van der Waals surface area (Å²) in [6, 6.07) is 6.44. The molecule has 0 amide bonds. The van der Waals surface area contributed by atoms with Gasteiger partial charge < -0.3 is 14.5 Å². The standard InChI is InChI=1S/C16H22N2O2/c1-13-5-4-6-15(14(13)2)18-11-9-17(10-12-18)8-7-16(19)20-3/h4-8H,9-12H2,1-3H3/b8-7+. The van der Waals surface area contributed by atoms with Gasteiger partial charge >= 0.3 is 5.97 Å². The molecule has 1 aromatic carbocycles. The zero-order chi connectivity index (χ0) is 14.5. The normalized spacial score (nSPS) is 15.8. The Morgan fingerprint density at radius 2 is 1.90 bits per heavy atom. The minimum Gasteiger partial charge on any atom is -0.466 e. The molecule has 1 fully saturated rings. The lowest BCUT2D eigenvalue weighted by molar-refractivity contribution is -0.134. The lowest BCUT2D eigenvalue weighted by atomic mass is 10.1. The third-order valence-corrected chi connectivity index (χ3v) is 3.85. The lowest BCUT2D eigenvalue weighted by Crippen LogP contribution is -2.44. The summed E-state index contributed by atoms with van der Waals surface area (Å²) >= 11 is 0. The highest BCUT2D eigenvalue weighted by atomic mass is 16.5. The van der Waals surface area contributed by atoms with Gasteiger partial charge in [-0.2, -0.15) is 0 Å². The van der Waals surface area contributed by atoms with E-state index in [0.717, 1.165) is 26.2 Å². The van der Waals surface area contributed by atoms with Crippen LogP contribution in [0, 0.1) is 13.8 Å². The number of rotatable bonds is 3. The molecule has 0 atom stereocenters. The van der Waals surface area contributed by atoms with Crippen LogP contribution >= 0.6 is 0 Å². The molecule has 0 aromatic heterocycles. The summed E-state index contributed by atoms with van der Waals surface area (Å²) in [5.41, 5.74) is 4.00. The number of benzene rings is 1. The van der Waals surface area contributed by atoms with Crippen LogP contribution in [0.5, 0.6) is 0 Å². The predicted octanol–water partition coefficient (Wildman–Crippen LogP) is 2.11. The Morgan fingerprint density at radius 3 is 2.55 bits per heavy atom. The number of aryl methyl sites for hydroxylation is 1. The fourth-order valence-corrected chi connectivity index (χ4v) is 2.42. The molecule has 4 heteroatoms. The van der Waals surface area contributed by atoms with Crippen LogP contribution in [-0.4, -0.2) is 44.2 Å². The Bertz CT molecular complexity index is 503. The van der Waals surface area contributed by atoms with Crippen molar-refractivity contribution in [2.45, 2.75) is 13.8 Å². The molecule has 1 saturated heterocycles. The largest absolute Gasteiger partial charge is 0.466 e. The van der Waals surface area contributed by atoms with Gasteiger partial charge in [0, 0.05) is 44.1 Å². The molecule has 20 heavy (non-hydrogen) atoms. The molecule has 0 unspecified atom stereocenters. The molecule has 0 spiro atoms. The van der Waals surface area contributed by atoms with Gasteiger partial charge in [0.15, 0.2) is 0 Å². The molecule has 1 aliphatic rings. The number of piperazine rings is 1. The first-order chi connectivity index (χ1) is 9.61. The van der Waals surface area contributed by atoms with E-state index in [9.17, 15) is 4.79 Å². The lowest BCUT2D eigenvalue weighted by Gasteiger charge is -2.36. The van der Waals surface area contributed by atoms with Crippen LogP contribution in [0.3, 0.4) is 0 Å². The number of anilines is 1. The molecule has 2 rings (SSSR count). The Hall–Kier alpha value is -1.97. The van der Waals surface area contributed by atoms with Crippen LogP contribution in [0.4, 0.5) is 5.69 Å². The van der Waals surface area contributed by atoms with Crippen LogP contribution < -0.4 is 4.90 Å². The van der Waals surface area contributed by atoms with Crippen LogP contribution in [0.15, 0.2) is 30.5 Å². The van der Waals surface area contributed by atoms with E-state index in [1.165, 1.54) is 30.0 Å². The summed E-state index contributed by atoms with van der Waals surface area (Å²) in [4.78, 5) is 15.6. The zero-order valence-electron chi connectivity index (χ0n) is 12.4. The molecule has 1 aromatic rings. The maximum atomic E-state index is 11.1. The van der Waals surface area contributed by atoms with Crippen molar-refractivity contribution in [1.29, 1.82) is 0 Å². The summed E-state index contributed by atoms with van der Waals surface area (Å²) in [5, 5.41) is 0. The first-order valence-electron chi connectivity index (χ1n) is 6.93. The second kappa shape index (κ2) is 6.46. The van der Waals surface area contributed by atoms with Gasteiger partial charge in [-0.1, -0.05) is 12.1 Å². The highest BCUT2D eigenvalue weighted by Crippen LogP contribution is 2.23. The molecule has 108 valence electrons. The number of carbonyl (C=O) groups is 1. The van der Waals surface area contributed by atoms with Crippen molar-refractivity contribution >= 4 is 11.7 Å². The molecule has 0 radical (unpaired) electrons. The van der Waals surface area contributed by atoms with Gasteiger partial charge in [-0.15, -0.1) is 0 Å². The number of nitrogens with zero attached hydrogens (tertiary/aromatic N) is 2. The van der Waals surface area contributed by atoms with Crippen molar-refractivity contribution in [1.82, 2.24) is 4.90 Å². The molecule has 0 bridgehead atoms. The van der Waals surface area contributed by atoms with Gasteiger partial charge in [0.25, 0.3) is 0 Å². The second-order valence-electron chi connectivity index (χ2n) is 5.08. The van der Waals surface area contributed by atoms with E-state index in [1.807, 2.05) is 6.20 Å². The first-order valence-corrected chi connectivity index (χ1v) is 6.93. The zero-order valence-corrected chi connectivity index (χ0v) is 12.4. The fraction of sp³-hybridized carbons (Fsp3) is 0.438. The van der Waals surface area contributed by atoms with E-state index >= 15 is 0 Å². The van der Waals surface area contributed by atoms with Gasteiger partial charge in [0.2, 0.25) is 0 Å². The average molecular weight is 274 g/mol. The van der Waals surface area contributed by atoms with Crippen LogP contribution in [0.1, 0.15) is 11.1 Å². The van der Waals surface area contributed by atoms with Crippen molar-refractivity contribution in [2.75, 3.05) is 38.2 Å². The van der Waals surface area contributed by atoms with Crippen molar-refractivity contribution in [3.05, 3.63) is 41.6 Å². The number of methoxy groups -OCH3 is 1. The summed E-state index contributed by atoms with van der Waals surface area (Å²) in [6.07, 6.45) is 3.31. The van der Waals surface area contributed by atoms with Crippen molar-refractivity contribution in [2.24, 2.45) is 0 Å². The molecule has 4 nitrogen and oxygen atoms in total. The third kappa shape index (κ3) is 3.32. The molecular weight excluding hydrogens is 252 g/mol. The van der Waals surface area contributed by atoms with E-state index in [-0.39, 0.29) is 5.97 Å². The maximum absolute atomic E-state index is 11.1. The quantitative estimate of drug-likeness (QED) is 0.624. The highest BCUT2D eigenvalue weighted by Gasteiger charge is 2.16. The monoisotopic (exact) mass is 274 g/mol. The highest BCUT2D eigenvalue weighted by molar-refractivity contribution is 5.81. The minimum absolute atomic E-state index is 0.304. The number of esters is 1. The van der Waals surface area contributed by atoms with E-state index < -0.39 is 0 Å². The Morgan fingerprint density at radius 1 is 1.20 bits per heavy atom. The molecule has 0 saturated carbocycles. The topological polar surface area (TPSA) is 32.8 Å². The smallest absolute Gasteiger partial charge is 0.331 e. The second-order valence-corrected chi connectivity index (χ2v) is 5.08. The summed E-state index contributed by atoms with van der Waals surface area (Å²) < 4.78 is 4.60. The van der Waals surface area contributed by atoms with Crippen LogP contribution in [0.25, 0.3) is 0 Å².